The SMILES string of the molecule is CCCNC(c1ccccc1)C(C)N(C)CCN(C)C. The molecule has 1 aromatic carbocycles. The van der Waals surface area contributed by atoms with Crippen LogP contribution < -0.4 is 5.32 Å². The predicted molar refractivity (Wildman–Crippen MR) is 88.1 cm³/mol. The quantitative estimate of drug-likeness (QED) is 0.748. The number of nitrogens with zero attached hydrogens (tertiary/aromatic N) is 2. The molecule has 0 heterocycles. The van der Waals surface area contributed by atoms with Gasteiger partial charge in [0.15, 0.2) is 0 Å². The second kappa shape index (κ2) is 9.11. The van der Waals surface area contributed by atoms with E-state index >= 15 is 0 Å². The molecule has 0 bridgehead atoms. The van der Waals surface area contributed by atoms with Crippen LogP contribution in [-0.2, 0) is 0 Å². The lowest BCUT2D eigenvalue weighted by Gasteiger charge is -2.33. The lowest BCUT2D eigenvalue weighted by atomic mass is 9.99. The fourth-order valence-corrected chi connectivity index (χ4v) is 2.34. The van der Waals surface area contributed by atoms with Gasteiger partial charge in [-0.2, -0.15) is 0 Å². The molecule has 0 aliphatic carbocycles. The van der Waals surface area contributed by atoms with Gasteiger partial charge in [-0.05, 0) is 46.6 Å². The molecule has 1 aromatic rings. The number of benzene rings is 1. The first-order valence-corrected chi connectivity index (χ1v) is 7.69. The maximum absolute atomic E-state index is 3.70. The van der Waals surface area contributed by atoms with E-state index in [4.69, 9.17) is 0 Å². The van der Waals surface area contributed by atoms with Gasteiger partial charge in [0.2, 0.25) is 0 Å². The normalized spacial score (nSPS) is 14.8. The zero-order chi connectivity index (χ0) is 15.0. The summed E-state index contributed by atoms with van der Waals surface area (Å²) < 4.78 is 0. The van der Waals surface area contributed by atoms with Crippen LogP contribution in [0.2, 0.25) is 0 Å². The van der Waals surface area contributed by atoms with Crippen LogP contribution in [0.25, 0.3) is 0 Å². The highest BCUT2D eigenvalue weighted by Crippen LogP contribution is 2.20. The summed E-state index contributed by atoms with van der Waals surface area (Å²) in [5.41, 5.74) is 1.38. The molecule has 3 nitrogen and oxygen atoms in total. The highest BCUT2D eigenvalue weighted by molar-refractivity contribution is 5.20. The average Bonchev–Trinajstić information content (AvgIpc) is 2.46. The Balaban J connectivity index is 2.71. The van der Waals surface area contributed by atoms with Crippen molar-refractivity contribution in [1.82, 2.24) is 15.1 Å². The molecule has 2 atom stereocenters. The zero-order valence-electron chi connectivity index (χ0n) is 13.8. The molecule has 0 radical (unpaired) electrons. The van der Waals surface area contributed by atoms with Crippen molar-refractivity contribution in [3.8, 4) is 0 Å². The molecule has 0 saturated heterocycles. The molecular weight excluding hydrogens is 246 g/mol. The molecule has 3 heteroatoms. The Hall–Kier alpha value is -0.900. The Kier molecular flexibility index (Phi) is 7.82. The van der Waals surface area contributed by atoms with Crippen molar-refractivity contribution in [2.75, 3.05) is 40.8 Å². The number of likely N-dealkylation sites (N-methyl/N-ethyl adjacent to an activating group) is 2. The van der Waals surface area contributed by atoms with E-state index in [1.165, 1.54) is 5.56 Å². The molecule has 1 N–H and O–H groups in total. The lowest BCUT2D eigenvalue weighted by molar-refractivity contribution is 0.189. The highest BCUT2D eigenvalue weighted by Gasteiger charge is 2.21. The van der Waals surface area contributed by atoms with Crippen LogP contribution in [0.1, 0.15) is 31.9 Å². The van der Waals surface area contributed by atoms with Gasteiger partial charge in [-0.3, -0.25) is 0 Å². The number of nitrogens with one attached hydrogen (secondary N) is 1. The Morgan fingerprint density at radius 2 is 1.70 bits per heavy atom. The van der Waals surface area contributed by atoms with Gasteiger partial charge >= 0.3 is 0 Å². The summed E-state index contributed by atoms with van der Waals surface area (Å²) in [6.45, 7) is 7.78. The van der Waals surface area contributed by atoms with E-state index in [1.807, 2.05) is 0 Å². The highest BCUT2D eigenvalue weighted by atomic mass is 15.2. The van der Waals surface area contributed by atoms with Gasteiger partial charge in [0.25, 0.3) is 0 Å². The smallest absolute Gasteiger partial charge is 0.0475 e. The van der Waals surface area contributed by atoms with Crippen molar-refractivity contribution in [1.29, 1.82) is 0 Å². The topological polar surface area (TPSA) is 18.5 Å². The second-order valence-electron chi connectivity index (χ2n) is 5.87. The van der Waals surface area contributed by atoms with E-state index in [9.17, 15) is 0 Å². The summed E-state index contributed by atoms with van der Waals surface area (Å²) in [6, 6.07) is 11.7. The molecule has 0 aliphatic heterocycles. The summed E-state index contributed by atoms with van der Waals surface area (Å²) in [4.78, 5) is 4.68. The van der Waals surface area contributed by atoms with E-state index in [0.29, 0.717) is 12.1 Å². The van der Waals surface area contributed by atoms with Crippen molar-refractivity contribution in [3.05, 3.63) is 35.9 Å². The predicted octanol–water partition coefficient (Wildman–Crippen LogP) is 2.61. The Morgan fingerprint density at radius 1 is 1.05 bits per heavy atom. The average molecular weight is 277 g/mol. The summed E-state index contributed by atoms with van der Waals surface area (Å²) in [5.74, 6) is 0. The van der Waals surface area contributed by atoms with Crippen LogP contribution in [0, 0.1) is 0 Å². The number of hydrogen-bond acceptors (Lipinski definition) is 3. The molecule has 0 fully saturated rings. The van der Waals surface area contributed by atoms with E-state index in [2.05, 4.69) is 80.4 Å². The second-order valence-corrected chi connectivity index (χ2v) is 5.87. The molecule has 1 rings (SSSR count). The maximum atomic E-state index is 3.70. The molecular formula is C17H31N3. The van der Waals surface area contributed by atoms with Crippen LogP contribution in [0.5, 0.6) is 0 Å². The van der Waals surface area contributed by atoms with Crippen LogP contribution in [0.4, 0.5) is 0 Å². The minimum Gasteiger partial charge on any atom is -0.309 e. The zero-order valence-corrected chi connectivity index (χ0v) is 13.8. The molecule has 0 amide bonds. The van der Waals surface area contributed by atoms with Crippen molar-refractivity contribution in [3.63, 3.8) is 0 Å². The fraction of sp³-hybridized carbons (Fsp3) is 0.647. The van der Waals surface area contributed by atoms with Crippen LogP contribution in [0.3, 0.4) is 0 Å². The van der Waals surface area contributed by atoms with Crippen molar-refractivity contribution in [2.45, 2.75) is 32.4 Å². The van der Waals surface area contributed by atoms with Crippen LogP contribution in [0.15, 0.2) is 30.3 Å². The first-order valence-electron chi connectivity index (χ1n) is 7.69. The first kappa shape index (κ1) is 17.2. The van der Waals surface area contributed by atoms with E-state index in [-0.39, 0.29) is 0 Å². The van der Waals surface area contributed by atoms with Crippen LogP contribution in [-0.4, -0.2) is 56.6 Å². The lowest BCUT2D eigenvalue weighted by Crippen LogP contribution is -2.43. The van der Waals surface area contributed by atoms with E-state index in [0.717, 1.165) is 26.1 Å². The summed E-state index contributed by atoms with van der Waals surface area (Å²) in [5, 5.41) is 3.70. The van der Waals surface area contributed by atoms with E-state index in [1.54, 1.807) is 0 Å². The third-order valence-electron chi connectivity index (χ3n) is 3.85. The number of hydrogen-bond donors (Lipinski definition) is 1. The van der Waals surface area contributed by atoms with Gasteiger partial charge in [-0.25, -0.2) is 0 Å². The Morgan fingerprint density at radius 3 is 2.25 bits per heavy atom. The molecule has 0 spiro atoms. The van der Waals surface area contributed by atoms with Crippen molar-refractivity contribution >= 4 is 0 Å². The first-order chi connectivity index (χ1) is 9.56. The minimum atomic E-state index is 0.392. The Labute approximate surface area is 125 Å². The fourth-order valence-electron chi connectivity index (χ4n) is 2.34. The molecule has 20 heavy (non-hydrogen) atoms. The maximum Gasteiger partial charge on any atom is 0.0475 e. The number of rotatable bonds is 9. The van der Waals surface area contributed by atoms with Gasteiger partial charge in [0.1, 0.15) is 0 Å². The summed E-state index contributed by atoms with van der Waals surface area (Å²) in [6.07, 6.45) is 1.16. The Bertz CT molecular complexity index is 351. The van der Waals surface area contributed by atoms with Crippen LogP contribution >= 0.6 is 0 Å². The largest absolute Gasteiger partial charge is 0.309 e. The molecule has 0 aromatic heterocycles. The van der Waals surface area contributed by atoms with E-state index < -0.39 is 0 Å². The van der Waals surface area contributed by atoms with Gasteiger partial charge in [-0.1, -0.05) is 37.3 Å². The minimum absolute atomic E-state index is 0.392. The monoisotopic (exact) mass is 277 g/mol. The third kappa shape index (κ3) is 5.61. The van der Waals surface area contributed by atoms with Gasteiger partial charge in [0, 0.05) is 25.2 Å². The summed E-state index contributed by atoms with van der Waals surface area (Å²) >= 11 is 0. The summed E-state index contributed by atoms with van der Waals surface area (Å²) in [7, 11) is 6.47. The molecule has 2 unspecified atom stereocenters. The molecule has 0 aliphatic rings. The standard InChI is InChI=1S/C17H31N3/c1-6-12-18-17(16-10-8-7-9-11-16)15(2)20(5)14-13-19(3)4/h7-11,15,17-18H,6,12-14H2,1-5H3. The van der Waals surface area contributed by atoms with Gasteiger partial charge in [0.05, 0.1) is 0 Å². The molecule has 114 valence electrons. The third-order valence-corrected chi connectivity index (χ3v) is 3.85. The van der Waals surface area contributed by atoms with Crippen molar-refractivity contribution in [2.24, 2.45) is 0 Å². The van der Waals surface area contributed by atoms with Gasteiger partial charge < -0.3 is 15.1 Å². The van der Waals surface area contributed by atoms with Gasteiger partial charge in [-0.15, -0.1) is 0 Å². The molecule has 0 saturated carbocycles. The van der Waals surface area contributed by atoms with Crippen molar-refractivity contribution < 1.29 is 0 Å².